The third-order valence-electron chi connectivity index (χ3n) is 7.61. The molecule has 222 valence electrons. The first kappa shape index (κ1) is 28.6. The second-order valence-electron chi connectivity index (χ2n) is 11.0. The predicted molar refractivity (Wildman–Crippen MR) is 164 cm³/mol. The molecule has 12 nitrogen and oxygen atoms in total. The smallest absolute Gasteiger partial charge is 0.238 e. The fourth-order valence-electron chi connectivity index (χ4n) is 5.25. The zero-order valence-corrected chi connectivity index (χ0v) is 24.9. The molecule has 1 unspecified atom stereocenters. The van der Waals surface area contributed by atoms with E-state index in [1.165, 1.54) is 11.8 Å². The number of ether oxygens (including phenoxy) is 1. The molecule has 0 spiro atoms. The van der Waals surface area contributed by atoms with Crippen LogP contribution in [0.5, 0.6) is 0 Å². The van der Waals surface area contributed by atoms with Crippen molar-refractivity contribution in [3.8, 4) is 0 Å². The predicted octanol–water partition coefficient (Wildman–Crippen LogP) is 2.93. The van der Waals surface area contributed by atoms with Gasteiger partial charge in [0.25, 0.3) is 0 Å². The lowest BCUT2D eigenvalue weighted by Crippen LogP contribution is -2.45. The second kappa shape index (κ2) is 13.2. The number of H-pyrrole nitrogens is 1. The van der Waals surface area contributed by atoms with E-state index in [1.54, 1.807) is 0 Å². The molecule has 4 aromatic rings. The number of benzene rings is 1. The number of rotatable bonds is 11. The molecule has 1 atom stereocenters. The molecular weight excluding hydrogens is 552 g/mol. The average Bonchev–Trinajstić information content (AvgIpc) is 3.73. The summed E-state index contributed by atoms with van der Waals surface area (Å²) in [6, 6.07) is 13.6. The van der Waals surface area contributed by atoms with Crippen molar-refractivity contribution < 1.29 is 9.53 Å². The van der Waals surface area contributed by atoms with Gasteiger partial charge in [0.15, 0.2) is 11.0 Å². The highest BCUT2D eigenvalue weighted by atomic mass is 32.2. The van der Waals surface area contributed by atoms with Crippen LogP contribution in [0.15, 0.2) is 58.7 Å². The van der Waals surface area contributed by atoms with Gasteiger partial charge in [0.05, 0.1) is 19.3 Å². The van der Waals surface area contributed by atoms with Crippen molar-refractivity contribution in [1.29, 1.82) is 0 Å². The van der Waals surface area contributed by atoms with Crippen molar-refractivity contribution in [3.63, 3.8) is 0 Å². The first-order valence-electron chi connectivity index (χ1n) is 14.4. The van der Waals surface area contributed by atoms with Crippen molar-refractivity contribution in [1.82, 2.24) is 39.3 Å². The standard InChI is InChI=1S/C29H38N10O2S/c1-21-18-25(35-34-21)31-28-33-29(32-26-4-3-10-39(26)28)42-24-7-5-22(6-8-24)30-27(40)20-38-11-9-23(19-38)41-17-16-37-14-12-36(2)13-15-37/h3-8,10,18,23H,9,11-17,19-20H2,1-2H3,(H,30,40)(H2,31,32,33,34,35). The number of nitrogens with zero attached hydrogens (tertiary/aromatic N) is 7. The fourth-order valence-corrected chi connectivity index (χ4v) is 6.01. The van der Waals surface area contributed by atoms with Crippen LogP contribution in [0.3, 0.4) is 0 Å². The van der Waals surface area contributed by atoms with Crippen LogP contribution in [-0.4, -0.2) is 117 Å². The van der Waals surface area contributed by atoms with Crippen molar-refractivity contribution in [2.45, 2.75) is 29.5 Å². The van der Waals surface area contributed by atoms with Crippen molar-refractivity contribution in [2.24, 2.45) is 0 Å². The lowest BCUT2D eigenvalue weighted by atomic mass is 10.3. The molecule has 0 aliphatic carbocycles. The molecule has 2 fully saturated rings. The average molecular weight is 591 g/mol. The topological polar surface area (TPSA) is 119 Å². The summed E-state index contributed by atoms with van der Waals surface area (Å²) >= 11 is 1.46. The molecule has 42 heavy (non-hydrogen) atoms. The molecule has 2 saturated heterocycles. The molecule has 0 radical (unpaired) electrons. The van der Waals surface area contributed by atoms with Crippen molar-refractivity contribution >= 4 is 40.8 Å². The number of carbonyl (C=O) groups is 1. The number of likely N-dealkylation sites (tertiary alicyclic amines) is 1. The molecule has 3 N–H and O–H groups in total. The summed E-state index contributed by atoms with van der Waals surface area (Å²) in [4.78, 5) is 30.1. The molecule has 1 aromatic carbocycles. The van der Waals surface area contributed by atoms with E-state index in [4.69, 9.17) is 9.72 Å². The Morgan fingerprint density at radius 2 is 1.93 bits per heavy atom. The summed E-state index contributed by atoms with van der Waals surface area (Å²) in [5.74, 6) is 1.31. The summed E-state index contributed by atoms with van der Waals surface area (Å²) in [5, 5.41) is 14.1. The lowest BCUT2D eigenvalue weighted by molar-refractivity contribution is -0.117. The molecule has 2 aliphatic rings. The molecular formula is C29H38N10O2S. The van der Waals surface area contributed by atoms with Crippen LogP contribution in [0.25, 0.3) is 5.65 Å². The minimum atomic E-state index is -0.0140. The Bertz CT molecular complexity index is 1480. The van der Waals surface area contributed by atoms with Crippen molar-refractivity contribution in [3.05, 3.63) is 54.4 Å². The number of fused-ring (bicyclic) bond motifs is 1. The number of amides is 1. The van der Waals surface area contributed by atoms with Gasteiger partial charge in [0.2, 0.25) is 11.9 Å². The van der Waals surface area contributed by atoms with E-state index in [2.05, 4.69) is 47.6 Å². The summed E-state index contributed by atoms with van der Waals surface area (Å²) in [5.41, 5.74) is 2.52. The minimum absolute atomic E-state index is 0.0140. The van der Waals surface area contributed by atoms with Crippen LogP contribution in [0, 0.1) is 6.92 Å². The first-order valence-corrected chi connectivity index (χ1v) is 15.3. The van der Waals surface area contributed by atoms with E-state index >= 15 is 0 Å². The van der Waals surface area contributed by atoms with E-state index in [9.17, 15) is 4.79 Å². The van der Waals surface area contributed by atoms with E-state index in [0.29, 0.717) is 23.5 Å². The molecule has 5 heterocycles. The van der Waals surface area contributed by atoms with Crippen LogP contribution in [0.4, 0.5) is 17.5 Å². The van der Waals surface area contributed by atoms with E-state index in [0.717, 1.165) is 80.8 Å². The van der Waals surface area contributed by atoms with Crippen LogP contribution in [-0.2, 0) is 9.53 Å². The number of piperazine rings is 1. The minimum Gasteiger partial charge on any atom is -0.376 e. The highest BCUT2D eigenvalue weighted by Gasteiger charge is 2.25. The monoisotopic (exact) mass is 590 g/mol. The molecule has 3 aromatic heterocycles. The molecule has 0 saturated carbocycles. The van der Waals surface area contributed by atoms with Gasteiger partial charge in [-0.2, -0.15) is 10.1 Å². The zero-order chi connectivity index (χ0) is 28.9. The lowest BCUT2D eigenvalue weighted by Gasteiger charge is -2.32. The van der Waals surface area contributed by atoms with Crippen LogP contribution in [0.1, 0.15) is 12.1 Å². The Balaban J connectivity index is 0.966. The van der Waals surface area contributed by atoms with Gasteiger partial charge >= 0.3 is 0 Å². The first-order chi connectivity index (χ1) is 20.5. The molecule has 2 aliphatic heterocycles. The highest BCUT2D eigenvalue weighted by molar-refractivity contribution is 7.99. The van der Waals surface area contributed by atoms with Crippen LogP contribution in [0.2, 0.25) is 0 Å². The number of hydrogen-bond acceptors (Lipinski definition) is 10. The summed E-state index contributed by atoms with van der Waals surface area (Å²) in [6.45, 7) is 10.2. The number of aromatic amines is 1. The quantitative estimate of drug-likeness (QED) is 0.241. The fraction of sp³-hybridized carbons (Fsp3) is 0.448. The van der Waals surface area contributed by atoms with Gasteiger partial charge in [-0.1, -0.05) is 0 Å². The van der Waals surface area contributed by atoms with Gasteiger partial charge in [-0.25, -0.2) is 4.98 Å². The van der Waals surface area contributed by atoms with E-state index in [1.807, 2.05) is 60.0 Å². The third-order valence-corrected chi connectivity index (χ3v) is 8.49. The number of aromatic nitrogens is 5. The Morgan fingerprint density at radius 3 is 2.71 bits per heavy atom. The number of aryl methyl sites for hydroxylation is 1. The molecule has 1 amide bonds. The highest BCUT2D eigenvalue weighted by Crippen LogP contribution is 2.28. The number of hydrogen-bond donors (Lipinski definition) is 3. The normalized spacial score (nSPS) is 18.6. The summed E-state index contributed by atoms with van der Waals surface area (Å²) in [6.07, 6.45) is 3.08. The van der Waals surface area contributed by atoms with E-state index < -0.39 is 0 Å². The maximum atomic E-state index is 12.7. The van der Waals surface area contributed by atoms with Gasteiger partial charge < -0.3 is 20.3 Å². The number of likely N-dealkylation sites (N-methyl/N-ethyl adjacent to an activating group) is 1. The molecule has 0 bridgehead atoms. The van der Waals surface area contributed by atoms with E-state index in [-0.39, 0.29) is 12.0 Å². The van der Waals surface area contributed by atoms with Gasteiger partial charge in [-0.15, -0.1) is 0 Å². The largest absolute Gasteiger partial charge is 0.376 e. The summed E-state index contributed by atoms with van der Waals surface area (Å²) in [7, 11) is 2.17. The number of carbonyl (C=O) groups excluding carboxylic acids is 1. The Morgan fingerprint density at radius 1 is 1.10 bits per heavy atom. The van der Waals surface area contributed by atoms with Gasteiger partial charge in [0, 0.05) is 74.4 Å². The molecule has 13 heteroatoms. The zero-order valence-electron chi connectivity index (χ0n) is 24.1. The Kier molecular flexibility index (Phi) is 9.01. The third kappa shape index (κ3) is 7.47. The Labute approximate surface area is 249 Å². The number of anilines is 3. The molecule has 6 rings (SSSR count). The SMILES string of the molecule is Cc1cc(Nc2nc(Sc3ccc(NC(=O)CN4CCC(OCCN5CCN(C)CC5)C4)cc3)nc3cccn23)n[nH]1. The Hall–Kier alpha value is -3.49. The van der Waals surface area contributed by atoms with Crippen molar-refractivity contribution in [2.75, 3.05) is 76.6 Å². The maximum absolute atomic E-state index is 12.7. The van der Waals surface area contributed by atoms with Gasteiger partial charge in [-0.3, -0.25) is 24.1 Å². The second-order valence-corrected chi connectivity index (χ2v) is 12.0. The maximum Gasteiger partial charge on any atom is 0.238 e. The number of nitrogens with one attached hydrogen (secondary N) is 3. The van der Waals surface area contributed by atoms with Crippen LogP contribution >= 0.6 is 11.8 Å². The van der Waals surface area contributed by atoms with Crippen LogP contribution < -0.4 is 10.6 Å². The summed E-state index contributed by atoms with van der Waals surface area (Å²) < 4.78 is 8.02. The van der Waals surface area contributed by atoms with Gasteiger partial charge in [-0.05, 0) is 68.6 Å². The van der Waals surface area contributed by atoms with Gasteiger partial charge in [0.1, 0.15) is 5.65 Å².